The molecule has 1 N–H and O–H groups in total. The number of carbonyl (C=O) groups excluding carboxylic acids is 2. The molecule has 0 unspecified atom stereocenters. The van der Waals surface area contributed by atoms with Gasteiger partial charge in [0.25, 0.3) is 0 Å². The standard InChI is InChI=1S/C14H18FNO3/c1-9(2)13(14(18)19-3)16-12(17)8-10-5-4-6-11(15)7-10/h4-7,9,13H,8H2,1-3H3,(H,16,17)/t13-/m1/s1. The first-order chi connectivity index (χ1) is 8.93. The smallest absolute Gasteiger partial charge is 0.328 e. The second kappa shape index (κ2) is 6.87. The first-order valence-electron chi connectivity index (χ1n) is 6.05. The van der Waals surface area contributed by atoms with E-state index in [4.69, 9.17) is 0 Å². The van der Waals surface area contributed by atoms with Crippen LogP contribution >= 0.6 is 0 Å². The summed E-state index contributed by atoms with van der Waals surface area (Å²) < 4.78 is 17.6. The number of nitrogens with one attached hydrogen (secondary N) is 1. The number of esters is 1. The molecule has 0 aromatic heterocycles. The van der Waals surface area contributed by atoms with Crippen LogP contribution in [0, 0.1) is 11.7 Å². The predicted octanol–water partition coefficient (Wildman–Crippen LogP) is 1.68. The van der Waals surface area contributed by atoms with Crippen LogP contribution in [0.25, 0.3) is 0 Å². The van der Waals surface area contributed by atoms with E-state index in [1.165, 1.54) is 25.3 Å². The average molecular weight is 267 g/mol. The molecule has 1 aromatic rings. The van der Waals surface area contributed by atoms with Gasteiger partial charge in [-0.05, 0) is 23.6 Å². The molecule has 0 saturated heterocycles. The SMILES string of the molecule is COC(=O)[C@H](NC(=O)Cc1cccc(F)c1)C(C)C. The van der Waals surface area contributed by atoms with Crippen LogP contribution in [0.3, 0.4) is 0 Å². The topological polar surface area (TPSA) is 55.4 Å². The van der Waals surface area contributed by atoms with E-state index in [1.807, 2.05) is 13.8 Å². The van der Waals surface area contributed by atoms with E-state index in [0.717, 1.165) is 0 Å². The Bertz CT molecular complexity index is 460. The van der Waals surface area contributed by atoms with E-state index in [-0.39, 0.29) is 18.2 Å². The number of methoxy groups -OCH3 is 1. The van der Waals surface area contributed by atoms with Crippen molar-refractivity contribution in [3.8, 4) is 0 Å². The molecule has 0 heterocycles. The highest BCUT2D eigenvalue weighted by atomic mass is 19.1. The summed E-state index contributed by atoms with van der Waals surface area (Å²) in [5.41, 5.74) is 0.560. The van der Waals surface area contributed by atoms with Gasteiger partial charge in [0.15, 0.2) is 0 Å². The Morgan fingerprint density at radius 2 is 2.05 bits per heavy atom. The third kappa shape index (κ3) is 4.69. The first kappa shape index (κ1) is 15.1. The lowest BCUT2D eigenvalue weighted by Crippen LogP contribution is -2.45. The second-order valence-corrected chi connectivity index (χ2v) is 4.62. The number of amides is 1. The lowest BCUT2D eigenvalue weighted by atomic mass is 10.0. The summed E-state index contributed by atoms with van der Waals surface area (Å²) in [6.45, 7) is 3.62. The highest BCUT2D eigenvalue weighted by Crippen LogP contribution is 2.07. The summed E-state index contributed by atoms with van der Waals surface area (Å²) in [6.07, 6.45) is 0.0258. The van der Waals surface area contributed by atoms with Crippen molar-refractivity contribution >= 4 is 11.9 Å². The van der Waals surface area contributed by atoms with Gasteiger partial charge in [0.1, 0.15) is 11.9 Å². The van der Waals surface area contributed by atoms with Gasteiger partial charge in [-0.2, -0.15) is 0 Å². The summed E-state index contributed by atoms with van der Waals surface area (Å²) in [7, 11) is 1.27. The lowest BCUT2D eigenvalue weighted by Gasteiger charge is -2.19. The molecule has 0 aliphatic rings. The minimum Gasteiger partial charge on any atom is -0.467 e. The van der Waals surface area contributed by atoms with E-state index in [9.17, 15) is 14.0 Å². The van der Waals surface area contributed by atoms with Gasteiger partial charge >= 0.3 is 5.97 Å². The quantitative estimate of drug-likeness (QED) is 0.826. The van der Waals surface area contributed by atoms with E-state index in [0.29, 0.717) is 5.56 Å². The van der Waals surface area contributed by atoms with Gasteiger partial charge < -0.3 is 10.1 Å². The third-order valence-corrected chi connectivity index (χ3v) is 2.69. The summed E-state index contributed by atoms with van der Waals surface area (Å²) in [5.74, 6) is -1.29. The van der Waals surface area contributed by atoms with Crippen LogP contribution in [0.2, 0.25) is 0 Å². The van der Waals surface area contributed by atoms with Crippen LogP contribution in [0.4, 0.5) is 4.39 Å². The Hall–Kier alpha value is -1.91. The van der Waals surface area contributed by atoms with Crippen LogP contribution in [0.1, 0.15) is 19.4 Å². The summed E-state index contributed by atoms with van der Waals surface area (Å²) in [6, 6.07) is 5.11. The molecule has 1 atom stereocenters. The van der Waals surface area contributed by atoms with Crippen molar-refractivity contribution in [2.45, 2.75) is 26.3 Å². The zero-order chi connectivity index (χ0) is 14.4. The monoisotopic (exact) mass is 267 g/mol. The highest BCUT2D eigenvalue weighted by Gasteiger charge is 2.24. The van der Waals surface area contributed by atoms with Gasteiger partial charge in [-0.1, -0.05) is 26.0 Å². The number of ether oxygens (including phenoxy) is 1. The second-order valence-electron chi connectivity index (χ2n) is 4.62. The molecule has 104 valence electrons. The van der Waals surface area contributed by atoms with E-state index in [1.54, 1.807) is 6.07 Å². The molecule has 1 amide bonds. The minimum atomic E-state index is -0.689. The minimum absolute atomic E-state index is 0.0258. The van der Waals surface area contributed by atoms with Crippen molar-refractivity contribution in [2.24, 2.45) is 5.92 Å². The summed E-state index contributed by atoms with van der Waals surface area (Å²) >= 11 is 0. The predicted molar refractivity (Wildman–Crippen MR) is 68.9 cm³/mol. The molecular weight excluding hydrogens is 249 g/mol. The molecule has 0 aliphatic heterocycles. The Kier molecular flexibility index (Phi) is 5.48. The molecule has 0 saturated carbocycles. The Morgan fingerprint density at radius 1 is 1.37 bits per heavy atom. The maximum absolute atomic E-state index is 13.0. The van der Waals surface area contributed by atoms with Gasteiger partial charge in [0.2, 0.25) is 5.91 Å². The van der Waals surface area contributed by atoms with Gasteiger partial charge in [-0.3, -0.25) is 4.79 Å². The van der Waals surface area contributed by atoms with Crippen LogP contribution in [0.15, 0.2) is 24.3 Å². The summed E-state index contributed by atoms with van der Waals surface area (Å²) in [4.78, 5) is 23.3. The molecular formula is C14H18FNO3. The van der Waals surface area contributed by atoms with Crippen molar-refractivity contribution in [3.05, 3.63) is 35.6 Å². The van der Waals surface area contributed by atoms with Gasteiger partial charge in [-0.25, -0.2) is 9.18 Å². The highest BCUT2D eigenvalue weighted by molar-refractivity contribution is 5.85. The van der Waals surface area contributed by atoms with E-state index < -0.39 is 17.8 Å². The number of rotatable bonds is 5. The number of carbonyl (C=O) groups is 2. The molecule has 0 aliphatic carbocycles. The Labute approximate surface area is 112 Å². The van der Waals surface area contributed by atoms with Crippen LogP contribution in [0.5, 0.6) is 0 Å². The van der Waals surface area contributed by atoms with Crippen molar-refractivity contribution in [3.63, 3.8) is 0 Å². The molecule has 1 aromatic carbocycles. The number of halogens is 1. The summed E-state index contributed by atoms with van der Waals surface area (Å²) in [5, 5.41) is 2.60. The zero-order valence-corrected chi connectivity index (χ0v) is 11.3. The van der Waals surface area contributed by atoms with Gasteiger partial charge in [0.05, 0.1) is 13.5 Å². The lowest BCUT2D eigenvalue weighted by molar-refractivity contribution is -0.146. The number of hydrogen-bond donors (Lipinski definition) is 1. The van der Waals surface area contributed by atoms with E-state index >= 15 is 0 Å². The largest absolute Gasteiger partial charge is 0.467 e. The van der Waals surface area contributed by atoms with Crippen molar-refractivity contribution in [1.29, 1.82) is 0 Å². The molecule has 0 fully saturated rings. The van der Waals surface area contributed by atoms with E-state index in [2.05, 4.69) is 10.1 Å². The van der Waals surface area contributed by atoms with Crippen molar-refractivity contribution < 1.29 is 18.7 Å². The fourth-order valence-electron chi connectivity index (χ4n) is 1.68. The molecule has 4 nitrogen and oxygen atoms in total. The average Bonchev–Trinajstić information content (AvgIpc) is 2.34. The Morgan fingerprint density at radius 3 is 2.58 bits per heavy atom. The first-order valence-corrected chi connectivity index (χ1v) is 6.05. The Balaban J connectivity index is 2.65. The van der Waals surface area contributed by atoms with Crippen LogP contribution in [-0.4, -0.2) is 25.0 Å². The maximum atomic E-state index is 13.0. The molecule has 0 radical (unpaired) electrons. The van der Waals surface area contributed by atoms with Crippen LogP contribution < -0.4 is 5.32 Å². The third-order valence-electron chi connectivity index (χ3n) is 2.69. The molecule has 1 rings (SSSR count). The number of hydrogen-bond acceptors (Lipinski definition) is 3. The van der Waals surface area contributed by atoms with Crippen molar-refractivity contribution in [1.82, 2.24) is 5.32 Å². The van der Waals surface area contributed by atoms with Crippen LogP contribution in [-0.2, 0) is 20.7 Å². The number of benzene rings is 1. The van der Waals surface area contributed by atoms with Gasteiger partial charge in [-0.15, -0.1) is 0 Å². The fraction of sp³-hybridized carbons (Fsp3) is 0.429. The maximum Gasteiger partial charge on any atom is 0.328 e. The molecule has 0 bridgehead atoms. The molecule has 5 heteroatoms. The van der Waals surface area contributed by atoms with Crippen molar-refractivity contribution in [2.75, 3.05) is 7.11 Å². The normalized spacial score (nSPS) is 12.1. The molecule has 0 spiro atoms. The fourth-order valence-corrected chi connectivity index (χ4v) is 1.68. The zero-order valence-electron chi connectivity index (χ0n) is 11.3. The molecule has 19 heavy (non-hydrogen) atoms. The van der Waals surface area contributed by atoms with Gasteiger partial charge in [0, 0.05) is 0 Å².